The van der Waals surface area contributed by atoms with Crippen LogP contribution in [0, 0.1) is 6.92 Å². The van der Waals surface area contributed by atoms with Gasteiger partial charge in [0.15, 0.2) is 0 Å². The van der Waals surface area contributed by atoms with Crippen LogP contribution in [0.3, 0.4) is 0 Å². The van der Waals surface area contributed by atoms with E-state index >= 15 is 0 Å². The maximum atomic E-state index is 11.8. The summed E-state index contributed by atoms with van der Waals surface area (Å²) in [7, 11) is 0. The number of aryl methyl sites for hydroxylation is 1. The first-order valence-corrected chi connectivity index (χ1v) is 4.61. The molecule has 2 nitrogen and oxygen atoms in total. The predicted octanol–water partition coefficient (Wildman–Crippen LogP) is 3.13. The standard InChI is InChI=1S/C8H8BrF3N2/c1-5-6(9)2-3-7(14-5)13-4-8(10,11)12/h2-3H,4H2,1H3,(H,13,14). The van der Waals surface area contributed by atoms with Gasteiger partial charge in [-0.25, -0.2) is 4.98 Å². The Bertz CT molecular complexity index is 325. The van der Waals surface area contributed by atoms with E-state index in [1.54, 1.807) is 13.0 Å². The Labute approximate surface area is 87.7 Å². The van der Waals surface area contributed by atoms with Gasteiger partial charge in [-0.15, -0.1) is 0 Å². The van der Waals surface area contributed by atoms with Gasteiger partial charge in [0, 0.05) is 4.47 Å². The lowest BCUT2D eigenvalue weighted by molar-refractivity contribution is -0.115. The number of rotatable bonds is 2. The highest BCUT2D eigenvalue weighted by atomic mass is 79.9. The van der Waals surface area contributed by atoms with Crippen molar-refractivity contribution in [3.05, 3.63) is 22.3 Å². The Hall–Kier alpha value is -0.780. The highest BCUT2D eigenvalue weighted by Crippen LogP contribution is 2.18. The number of nitrogens with zero attached hydrogens (tertiary/aromatic N) is 1. The monoisotopic (exact) mass is 268 g/mol. The second-order valence-corrected chi connectivity index (χ2v) is 3.59. The SMILES string of the molecule is Cc1nc(NCC(F)(F)F)ccc1Br. The van der Waals surface area contributed by atoms with Gasteiger partial charge in [-0.05, 0) is 35.0 Å². The molecule has 0 fully saturated rings. The smallest absolute Gasteiger partial charge is 0.361 e. The number of hydrogen-bond donors (Lipinski definition) is 1. The Morgan fingerprint density at radius 2 is 2.07 bits per heavy atom. The molecule has 1 aromatic rings. The van der Waals surface area contributed by atoms with Crippen molar-refractivity contribution in [2.75, 3.05) is 11.9 Å². The number of pyridine rings is 1. The van der Waals surface area contributed by atoms with Crippen molar-refractivity contribution in [1.82, 2.24) is 4.98 Å². The molecule has 1 rings (SSSR count). The van der Waals surface area contributed by atoms with Gasteiger partial charge in [-0.2, -0.15) is 13.2 Å². The second-order valence-electron chi connectivity index (χ2n) is 2.73. The average Bonchev–Trinajstić information content (AvgIpc) is 2.06. The van der Waals surface area contributed by atoms with Crippen molar-refractivity contribution in [3.8, 4) is 0 Å². The van der Waals surface area contributed by atoms with Crippen molar-refractivity contribution in [2.24, 2.45) is 0 Å². The highest BCUT2D eigenvalue weighted by Gasteiger charge is 2.26. The summed E-state index contributed by atoms with van der Waals surface area (Å²) < 4.78 is 36.2. The molecule has 0 bridgehead atoms. The second kappa shape index (κ2) is 4.16. The van der Waals surface area contributed by atoms with Gasteiger partial charge in [-0.3, -0.25) is 0 Å². The molecule has 0 aliphatic heterocycles. The number of anilines is 1. The van der Waals surface area contributed by atoms with Crippen molar-refractivity contribution in [2.45, 2.75) is 13.1 Å². The van der Waals surface area contributed by atoms with E-state index < -0.39 is 12.7 Å². The fraction of sp³-hybridized carbons (Fsp3) is 0.375. The van der Waals surface area contributed by atoms with Gasteiger partial charge in [0.05, 0.1) is 5.69 Å². The first-order chi connectivity index (χ1) is 6.38. The molecule has 0 radical (unpaired) electrons. The first kappa shape index (κ1) is 11.3. The third-order valence-corrected chi connectivity index (χ3v) is 2.33. The summed E-state index contributed by atoms with van der Waals surface area (Å²) in [6.45, 7) is 0.643. The van der Waals surface area contributed by atoms with Crippen LogP contribution in [0.5, 0.6) is 0 Å². The minimum atomic E-state index is -4.22. The summed E-state index contributed by atoms with van der Waals surface area (Å²) in [4.78, 5) is 3.92. The topological polar surface area (TPSA) is 24.9 Å². The summed E-state index contributed by atoms with van der Waals surface area (Å²) in [5, 5.41) is 2.20. The number of alkyl halides is 3. The highest BCUT2D eigenvalue weighted by molar-refractivity contribution is 9.10. The van der Waals surface area contributed by atoms with Gasteiger partial charge in [0.2, 0.25) is 0 Å². The van der Waals surface area contributed by atoms with E-state index in [0.29, 0.717) is 5.69 Å². The van der Waals surface area contributed by atoms with Crippen LogP contribution in [0.15, 0.2) is 16.6 Å². The van der Waals surface area contributed by atoms with Crippen molar-refractivity contribution < 1.29 is 13.2 Å². The van der Waals surface area contributed by atoms with Gasteiger partial charge < -0.3 is 5.32 Å². The van der Waals surface area contributed by atoms with E-state index in [1.807, 2.05) is 0 Å². The predicted molar refractivity (Wildman–Crippen MR) is 51.2 cm³/mol. The van der Waals surface area contributed by atoms with Crippen LogP contribution >= 0.6 is 15.9 Å². The summed E-state index contributed by atoms with van der Waals surface area (Å²) in [5.74, 6) is 0.225. The lowest BCUT2D eigenvalue weighted by Gasteiger charge is -2.09. The summed E-state index contributed by atoms with van der Waals surface area (Å²) in [6, 6.07) is 3.14. The molecular weight excluding hydrogens is 261 g/mol. The lowest BCUT2D eigenvalue weighted by atomic mass is 10.4. The van der Waals surface area contributed by atoms with E-state index in [-0.39, 0.29) is 5.82 Å². The molecule has 0 aliphatic carbocycles. The molecule has 1 aromatic heterocycles. The summed E-state index contributed by atoms with van der Waals surface area (Å²) >= 11 is 3.21. The molecule has 0 aliphatic rings. The van der Waals surface area contributed by atoms with Crippen LogP contribution in [0.4, 0.5) is 19.0 Å². The third-order valence-electron chi connectivity index (χ3n) is 1.49. The van der Waals surface area contributed by atoms with Gasteiger partial charge in [-0.1, -0.05) is 0 Å². The Morgan fingerprint density at radius 3 is 2.57 bits per heavy atom. The molecule has 14 heavy (non-hydrogen) atoms. The number of aromatic nitrogens is 1. The van der Waals surface area contributed by atoms with Gasteiger partial charge in [0.25, 0.3) is 0 Å². The quantitative estimate of drug-likeness (QED) is 0.892. The third kappa shape index (κ3) is 3.53. The van der Waals surface area contributed by atoms with Crippen molar-refractivity contribution >= 4 is 21.7 Å². The molecule has 0 saturated carbocycles. The van der Waals surface area contributed by atoms with Crippen LogP contribution in [0.1, 0.15) is 5.69 Å². The normalized spacial score (nSPS) is 11.5. The summed E-state index contributed by atoms with van der Waals surface area (Å²) in [5.41, 5.74) is 0.650. The Kier molecular flexibility index (Phi) is 3.36. The molecule has 1 heterocycles. The molecule has 0 aromatic carbocycles. The number of nitrogens with one attached hydrogen (secondary N) is 1. The average molecular weight is 269 g/mol. The van der Waals surface area contributed by atoms with E-state index in [1.165, 1.54) is 6.07 Å². The maximum absolute atomic E-state index is 11.8. The van der Waals surface area contributed by atoms with Crippen molar-refractivity contribution in [3.63, 3.8) is 0 Å². The Balaban J connectivity index is 2.65. The fourth-order valence-electron chi connectivity index (χ4n) is 0.833. The van der Waals surface area contributed by atoms with E-state index in [0.717, 1.165) is 4.47 Å². The first-order valence-electron chi connectivity index (χ1n) is 3.82. The number of hydrogen-bond acceptors (Lipinski definition) is 2. The van der Waals surface area contributed by atoms with E-state index in [9.17, 15) is 13.2 Å². The minimum Gasteiger partial charge on any atom is -0.361 e. The molecule has 0 unspecified atom stereocenters. The van der Waals surface area contributed by atoms with Gasteiger partial charge >= 0.3 is 6.18 Å². The van der Waals surface area contributed by atoms with Crippen LogP contribution < -0.4 is 5.32 Å². The summed E-state index contributed by atoms with van der Waals surface area (Å²) in [6.07, 6.45) is -4.22. The fourth-order valence-corrected chi connectivity index (χ4v) is 1.05. The van der Waals surface area contributed by atoms with Gasteiger partial charge in [0.1, 0.15) is 12.4 Å². The zero-order valence-electron chi connectivity index (χ0n) is 7.32. The zero-order chi connectivity index (χ0) is 10.8. The van der Waals surface area contributed by atoms with Crippen LogP contribution in [-0.2, 0) is 0 Å². The molecule has 6 heteroatoms. The molecule has 0 atom stereocenters. The number of halogens is 4. The Morgan fingerprint density at radius 1 is 1.43 bits per heavy atom. The molecular formula is C8H8BrF3N2. The zero-order valence-corrected chi connectivity index (χ0v) is 8.91. The van der Waals surface area contributed by atoms with Crippen LogP contribution in [-0.4, -0.2) is 17.7 Å². The lowest BCUT2D eigenvalue weighted by Crippen LogP contribution is -2.21. The van der Waals surface area contributed by atoms with Crippen LogP contribution in [0.2, 0.25) is 0 Å². The van der Waals surface area contributed by atoms with E-state index in [2.05, 4.69) is 26.2 Å². The molecule has 0 amide bonds. The molecule has 0 spiro atoms. The molecule has 1 N–H and O–H groups in total. The van der Waals surface area contributed by atoms with Crippen molar-refractivity contribution in [1.29, 1.82) is 0 Å². The van der Waals surface area contributed by atoms with Crippen LogP contribution in [0.25, 0.3) is 0 Å². The minimum absolute atomic E-state index is 0.225. The largest absolute Gasteiger partial charge is 0.405 e. The maximum Gasteiger partial charge on any atom is 0.405 e. The van der Waals surface area contributed by atoms with E-state index in [4.69, 9.17) is 0 Å². The molecule has 78 valence electrons. The molecule has 0 saturated heterocycles.